The molecule has 0 amide bonds. The summed E-state index contributed by atoms with van der Waals surface area (Å²) in [7, 11) is 0. The summed E-state index contributed by atoms with van der Waals surface area (Å²) in [6, 6.07) is 9.90. The number of hydrogen-bond acceptors (Lipinski definition) is 3. The van der Waals surface area contributed by atoms with Gasteiger partial charge in [-0.1, -0.05) is 50.3 Å². The summed E-state index contributed by atoms with van der Waals surface area (Å²) in [4.78, 5) is 15.3. The SMILES string of the molecule is CC.CC(C)(C)OC(=O)CN=C/C=C/c1ccccc1. The number of benzene rings is 1. The number of esters is 1. The summed E-state index contributed by atoms with van der Waals surface area (Å²) in [6.07, 6.45) is 5.34. The van der Waals surface area contributed by atoms with E-state index in [-0.39, 0.29) is 12.5 Å². The van der Waals surface area contributed by atoms with E-state index in [2.05, 4.69) is 4.99 Å². The van der Waals surface area contributed by atoms with Crippen LogP contribution in [0.3, 0.4) is 0 Å². The first-order valence-corrected chi connectivity index (χ1v) is 6.91. The van der Waals surface area contributed by atoms with E-state index in [1.54, 1.807) is 12.3 Å². The van der Waals surface area contributed by atoms with Gasteiger partial charge in [-0.05, 0) is 32.4 Å². The Balaban J connectivity index is 0.00000172. The summed E-state index contributed by atoms with van der Waals surface area (Å²) in [6.45, 7) is 9.56. The zero-order valence-corrected chi connectivity index (χ0v) is 13.1. The molecule has 0 bridgehead atoms. The number of carbonyl (C=O) groups excluding carboxylic acids is 1. The molecule has 0 fully saturated rings. The van der Waals surface area contributed by atoms with Crippen molar-refractivity contribution in [3.8, 4) is 0 Å². The predicted octanol–water partition coefficient (Wildman–Crippen LogP) is 4.14. The Kier molecular flexibility index (Phi) is 9.01. The van der Waals surface area contributed by atoms with Gasteiger partial charge in [-0.25, -0.2) is 0 Å². The van der Waals surface area contributed by atoms with Crippen molar-refractivity contribution in [2.75, 3.05) is 6.54 Å². The van der Waals surface area contributed by atoms with E-state index in [1.807, 2.05) is 71.0 Å². The van der Waals surface area contributed by atoms with Gasteiger partial charge in [0.25, 0.3) is 0 Å². The molecule has 0 N–H and O–H groups in total. The average molecular weight is 275 g/mol. The second-order valence-corrected chi connectivity index (χ2v) is 4.85. The third-order valence-electron chi connectivity index (χ3n) is 1.92. The zero-order valence-electron chi connectivity index (χ0n) is 13.1. The van der Waals surface area contributed by atoms with Crippen LogP contribution in [0.25, 0.3) is 6.08 Å². The van der Waals surface area contributed by atoms with Gasteiger partial charge < -0.3 is 4.74 Å². The zero-order chi connectivity index (χ0) is 15.4. The lowest BCUT2D eigenvalue weighted by Crippen LogP contribution is -2.25. The van der Waals surface area contributed by atoms with Crippen LogP contribution in [0.2, 0.25) is 0 Å². The standard InChI is InChI=1S/C15H19NO2.C2H6/c1-15(2,3)18-14(17)12-16-11-7-10-13-8-5-4-6-9-13;1-2/h4-11H,12H2,1-3H3;1-2H3/b10-7+,16-11?;. The molecular formula is C17H25NO2. The molecule has 0 unspecified atom stereocenters. The summed E-state index contributed by atoms with van der Waals surface area (Å²) >= 11 is 0. The lowest BCUT2D eigenvalue weighted by molar-refractivity contribution is -0.152. The van der Waals surface area contributed by atoms with Gasteiger partial charge >= 0.3 is 5.97 Å². The molecule has 0 radical (unpaired) electrons. The maximum Gasteiger partial charge on any atom is 0.328 e. The molecule has 0 aliphatic rings. The summed E-state index contributed by atoms with van der Waals surface area (Å²) in [5.74, 6) is -0.313. The van der Waals surface area contributed by atoms with E-state index in [0.29, 0.717) is 0 Å². The van der Waals surface area contributed by atoms with Crippen molar-refractivity contribution in [2.45, 2.75) is 40.2 Å². The molecule has 0 aliphatic heterocycles. The molecule has 1 aromatic carbocycles. The van der Waals surface area contributed by atoms with Gasteiger partial charge in [0, 0.05) is 6.21 Å². The maximum absolute atomic E-state index is 11.3. The lowest BCUT2D eigenvalue weighted by Gasteiger charge is -2.18. The Morgan fingerprint density at radius 1 is 1.20 bits per heavy atom. The largest absolute Gasteiger partial charge is 0.459 e. The van der Waals surface area contributed by atoms with Gasteiger partial charge in [-0.2, -0.15) is 0 Å². The Morgan fingerprint density at radius 2 is 1.80 bits per heavy atom. The molecule has 20 heavy (non-hydrogen) atoms. The van der Waals surface area contributed by atoms with Gasteiger partial charge in [-0.15, -0.1) is 0 Å². The highest BCUT2D eigenvalue weighted by atomic mass is 16.6. The molecule has 0 aromatic heterocycles. The number of rotatable bonds is 4. The van der Waals surface area contributed by atoms with E-state index in [0.717, 1.165) is 5.56 Å². The number of carbonyl (C=O) groups is 1. The van der Waals surface area contributed by atoms with Crippen LogP contribution in [-0.2, 0) is 9.53 Å². The van der Waals surface area contributed by atoms with Crippen LogP contribution < -0.4 is 0 Å². The van der Waals surface area contributed by atoms with Crippen molar-refractivity contribution in [2.24, 2.45) is 4.99 Å². The molecule has 0 spiro atoms. The molecule has 0 saturated carbocycles. The first kappa shape index (κ1) is 18.1. The summed E-state index contributed by atoms with van der Waals surface area (Å²) in [5, 5.41) is 0. The van der Waals surface area contributed by atoms with Gasteiger partial charge in [0.1, 0.15) is 12.1 Å². The van der Waals surface area contributed by atoms with Crippen molar-refractivity contribution in [1.82, 2.24) is 0 Å². The highest BCUT2D eigenvalue weighted by molar-refractivity contribution is 5.81. The normalized spacial score (nSPS) is 11.2. The van der Waals surface area contributed by atoms with Crippen LogP contribution in [0.1, 0.15) is 40.2 Å². The van der Waals surface area contributed by atoms with Crippen LogP contribution in [0, 0.1) is 0 Å². The average Bonchev–Trinajstić information content (AvgIpc) is 2.40. The molecule has 0 heterocycles. The molecular weight excluding hydrogens is 250 g/mol. The first-order chi connectivity index (χ1) is 9.47. The number of nitrogens with zero attached hydrogens (tertiary/aromatic N) is 1. The summed E-state index contributed by atoms with van der Waals surface area (Å²) in [5.41, 5.74) is 0.646. The predicted molar refractivity (Wildman–Crippen MR) is 86.0 cm³/mol. The Hall–Kier alpha value is -1.90. The molecule has 1 rings (SSSR count). The Morgan fingerprint density at radius 3 is 2.35 bits per heavy atom. The fourth-order valence-electron chi connectivity index (χ4n) is 1.28. The topological polar surface area (TPSA) is 38.7 Å². The van der Waals surface area contributed by atoms with Crippen LogP contribution in [0.15, 0.2) is 41.4 Å². The number of hydrogen-bond donors (Lipinski definition) is 0. The van der Waals surface area contributed by atoms with E-state index in [1.165, 1.54) is 0 Å². The van der Waals surface area contributed by atoms with E-state index in [4.69, 9.17) is 4.74 Å². The van der Waals surface area contributed by atoms with E-state index < -0.39 is 5.60 Å². The molecule has 3 nitrogen and oxygen atoms in total. The second kappa shape index (κ2) is 9.96. The quantitative estimate of drug-likeness (QED) is 0.612. The minimum atomic E-state index is -0.452. The Labute approximate surface area is 122 Å². The Bertz CT molecular complexity index is 428. The second-order valence-electron chi connectivity index (χ2n) is 4.85. The fourth-order valence-corrected chi connectivity index (χ4v) is 1.28. The number of allylic oxidation sites excluding steroid dienone is 1. The van der Waals surface area contributed by atoms with Gasteiger partial charge in [-0.3, -0.25) is 9.79 Å². The van der Waals surface area contributed by atoms with Crippen molar-refractivity contribution in [1.29, 1.82) is 0 Å². The summed E-state index contributed by atoms with van der Waals surface area (Å²) < 4.78 is 5.13. The van der Waals surface area contributed by atoms with Crippen molar-refractivity contribution < 1.29 is 9.53 Å². The molecule has 0 aliphatic carbocycles. The smallest absolute Gasteiger partial charge is 0.328 e. The maximum atomic E-state index is 11.3. The molecule has 3 heteroatoms. The highest BCUT2D eigenvalue weighted by Crippen LogP contribution is 2.06. The van der Waals surface area contributed by atoms with Crippen LogP contribution >= 0.6 is 0 Å². The minimum Gasteiger partial charge on any atom is -0.459 e. The number of ether oxygens (including phenoxy) is 1. The monoisotopic (exact) mass is 275 g/mol. The van der Waals surface area contributed by atoms with Crippen molar-refractivity contribution in [3.63, 3.8) is 0 Å². The first-order valence-electron chi connectivity index (χ1n) is 6.91. The third-order valence-corrected chi connectivity index (χ3v) is 1.92. The third kappa shape index (κ3) is 10.1. The van der Waals surface area contributed by atoms with Gasteiger partial charge in [0.15, 0.2) is 0 Å². The fraction of sp³-hybridized carbons (Fsp3) is 0.412. The van der Waals surface area contributed by atoms with E-state index in [9.17, 15) is 4.79 Å². The molecule has 0 saturated heterocycles. The minimum absolute atomic E-state index is 0.0520. The lowest BCUT2D eigenvalue weighted by atomic mass is 10.2. The molecule has 1 aromatic rings. The van der Waals surface area contributed by atoms with Gasteiger partial charge in [0.2, 0.25) is 0 Å². The van der Waals surface area contributed by atoms with Crippen molar-refractivity contribution >= 4 is 18.3 Å². The van der Waals surface area contributed by atoms with Crippen molar-refractivity contribution in [3.05, 3.63) is 42.0 Å². The van der Waals surface area contributed by atoms with Crippen LogP contribution in [0.5, 0.6) is 0 Å². The van der Waals surface area contributed by atoms with Gasteiger partial charge in [0.05, 0.1) is 0 Å². The van der Waals surface area contributed by atoms with E-state index >= 15 is 0 Å². The highest BCUT2D eigenvalue weighted by Gasteiger charge is 2.14. The molecule has 110 valence electrons. The molecule has 0 atom stereocenters. The number of aliphatic imine (C=N–C) groups is 1. The van der Waals surface area contributed by atoms with Crippen LogP contribution in [-0.4, -0.2) is 24.3 Å². The van der Waals surface area contributed by atoms with Crippen LogP contribution in [0.4, 0.5) is 0 Å².